The number of alkyl halides is 1. The Bertz CT molecular complexity index is 341. The normalized spacial score (nSPS) is 47.1. The standard InChI is InChI=1S/C14H21IO3/c1-2-11(15)13(17)18-14-5-8-3-9(6-14)12(16)10(4-8)7-14/h8-12,16H,2-7H2,1H3. The monoisotopic (exact) mass is 364 g/mol. The molecule has 4 heteroatoms. The molecule has 3 nitrogen and oxygen atoms in total. The quantitative estimate of drug-likeness (QED) is 0.476. The largest absolute Gasteiger partial charge is 0.458 e. The topological polar surface area (TPSA) is 46.5 Å². The molecule has 3 unspecified atom stereocenters. The third kappa shape index (κ3) is 2.09. The van der Waals surface area contributed by atoms with E-state index in [0.29, 0.717) is 17.8 Å². The smallest absolute Gasteiger partial charge is 0.319 e. The van der Waals surface area contributed by atoms with E-state index in [-0.39, 0.29) is 21.6 Å². The molecular formula is C14H21IO3. The third-order valence-electron chi connectivity index (χ3n) is 5.10. The summed E-state index contributed by atoms with van der Waals surface area (Å²) in [6, 6.07) is 0. The summed E-state index contributed by atoms with van der Waals surface area (Å²) >= 11 is 2.17. The molecule has 102 valence electrons. The first-order chi connectivity index (χ1) is 8.53. The van der Waals surface area contributed by atoms with Gasteiger partial charge in [-0.2, -0.15) is 0 Å². The highest BCUT2D eigenvalue weighted by molar-refractivity contribution is 14.1. The number of carbonyl (C=O) groups is 1. The number of rotatable bonds is 3. The number of aliphatic hydroxyl groups is 1. The second-order valence-electron chi connectivity index (χ2n) is 6.44. The van der Waals surface area contributed by atoms with Crippen molar-refractivity contribution in [3.05, 3.63) is 0 Å². The van der Waals surface area contributed by atoms with Gasteiger partial charge in [-0.3, -0.25) is 4.79 Å². The molecule has 0 spiro atoms. The number of aliphatic hydroxyl groups excluding tert-OH is 1. The molecule has 0 radical (unpaired) electrons. The first kappa shape index (κ1) is 13.2. The van der Waals surface area contributed by atoms with Gasteiger partial charge >= 0.3 is 5.97 Å². The van der Waals surface area contributed by atoms with Crippen LogP contribution in [0.5, 0.6) is 0 Å². The van der Waals surface area contributed by atoms with Gasteiger partial charge in [0.05, 0.1) is 6.10 Å². The Hall–Kier alpha value is 0.160. The van der Waals surface area contributed by atoms with Crippen LogP contribution in [0, 0.1) is 17.8 Å². The Kier molecular flexibility index (Phi) is 3.37. The Morgan fingerprint density at radius 3 is 2.56 bits per heavy atom. The average molecular weight is 364 g/mol. The van der Waals surface area contributed by atoms with Gasteiger partial charge in [-0.05, 0) is 56.3 Å². The third-order valence-corrected chi connectivity index (χ3v) is 6.49. The van der Waals surface area contributed by atoms with Crippen LogP contribution in [0.4, 0.5) is 0 Å². The molecule has 4 fully saturated rings. The highest BCUT2D eigenvalue weighted by Gasteiger charge is 2.57. The molecule has 4 saturated carbocycles. The molecule has 0 aromatic heterocycles. The van der Waals surface area contributed by atoms with E-state index in [9.17, 15) is 9.90 Å². The lowest BCUT2D eigenvalue weighted by Gasteiger charge is -2.57. The van der Waals surface area contributed by atoms with E-state index in [0.717, 1.165) is 38.5 Å². The minimum Gasteiger partial charge on any atom is -0.458 e. The highest BCUT2D eigenvalue weighted by Crippen LogP contribution is 2.57. The summed E-state index contributed by atoms with van der Waals surface area (Å²) in [5.41, 5.74) is -0.231. The summed E-state index contributed by atoms with van der Waals surface area (Å²) in [5, 5.41) is 10.2. The summed E-state index contributed by atoms with van der Waals surface area (Å²) in [5.74, 6) is 1.37. The van der Waals surface area contributed by atoms with E-state index in [1.54, 1.807) is 0 Å². The van der Waals surface area contributed by atoms with Crippen molar-refractivity contribution in [2.45, 2.75) is 61.1 Å². The Morgan fingerprint density at radius 2 is 2.00 bits per heavy atom. The van der Waals surface area contributed by atoms with Crippen molar-refractivity contribution in [1.29, 1.82) is 0 Å². The highest BCUT2D eigenvalue weighted by atomic mass is 127. The van der Waals surface area contributed by atoms with Gasteiger partial charge in [-0.15, -0.1) is 0 Å². The molecule has 0 saturated heterocycles. The van der Waals surface area contributed by atoms with Crippen LogP contribution in [0.25, 0.3) is 0 Å². The van der Waals surface area contributed by atoms with E-state index in [1.165, 1.54) is 0 Å². The van der Waals surface area contributed by atoms with Crippen molar-refractivity contribution in [1.82, 2.24) is 0 Å². The van der Waals surface area contributed by atoms with Crippen LogP contribution in [0.15, 0.2) is 0 Å². The maximum Gasteiger partial charge on any atom is 0.319 e. The fraction of sp³-hybridized carbons (Fsp3) is 0.929. The van der Waals surface area contributed by atoms with Crippen LogP contribution in [0.2, 0.25) is 0 Å². The van der Waals surface area contributed by atoms with E-state index in [1.807, 2.05) is 6.92 Å². The first-order valence-electron chi connectivity index (χ1n) is 7.08. The summed E-state index contributed by atoms with van der Waals surface area (Å²) in [6.07, 6.45) is 5.77. The van der Waals surface area contributed by atoms with Crippen LogP contribution in [0.3, 0.4) is 0 Å². The zero-order valence-corrected chi connectivity index (χ0v) is 12.9. The van der Waals surface area contributed by atoms with Gasteiger partial charge in [0.2, 0.25) is 0 Å². The number of halogens is 1. The number of esters is 1. The van der Waals surface area contributed by atoms with Gasteiger partial charge in [0, 0.05) is 0 Å². The molecule has 18 heavy (non-hydrogen) atoms. The Labute approximate surface area is 122 Å². The molecule has 0 aromatic rings. The minimum absolute atomic E-state index is 0.0273. The predicted octanol–water partition coefficient (Wildman–Crippen LogP) is 2.68. The van der Waals surface area contributed by atoms with Crippen molar-refractivity contribution in [2.75, 3.05) is 0 Å². The summed E-state index contributed by atoms with van der Waals surface area (Å²) < 4.78 is 5.87. The number of hydrogen-bond donors (Lipinski definition) is 1. The molecule has 0 heterocycles. The number of ether oxygens (including phenoxy) is 1. The van der Waals surface area contributed by atoms with E-state index in [4.69, 9.17) is 4.74 Å². The van der Waals surface area contributed by atoms with Crippen LogP contribution >= 0.6 is 22.6 Å². The molecule has 0 amide bonds. The lowest BCUT2D eigenvalue weighted by atomic mass is 9.53. The van der Waals surface area contributed by atoms with Crippen molar-refractivity contribution < 1.29 is 14.6 Å². The van der Waals surface area contributed by atoms with Crippen molar-refractivity contribution in [3.63, 3.8) is 0 Å². The molecule has 4 rings (SSSR count). The second kappa shape index (κ2) is 4.62. The lowest BCUT2D eigenvalue weighted by Crippen LogP contribution is -2.58. The van der Waals surface area contributed by atoms with Crippen molar-refractivity contribution in [2.24, 2.45) is 17.8 Å². The van der Waals surface area contributed by atoms with Crippen LogP contribution < -0.4 is 0 Å². The fourth-order valence-electron chi connectivity index (χ4n) is 4.49. The van der Waals surface area contributed by atoms with Gasteiger partial charge in [-0.25, -0.2) is 0 Å². The second-order valence-corrected chi connectivity index (χ2v) is 7.94. The van der Waals surface area contributed by atoms with Gasteiger partial charge in [0.15, 0.2) is 0 Å². The van der Waals surface area contributed by atoms with Crippen molar-refractivity contribution in [3.8, 4) is 0 Å². The van der Waals surface area contributed by atoms with Crippen LogP contribution in [-0.2, 0) is 9.53 Å². The van der Waals surface area contributed by atoms with E-state index in [2.05, 4.69) is 22.6 Å². The Morgan fingerprint density at radius 1 is 1.39 bits per heavy atom. The number of carbonyl (C=O) groups excluding carboxylic acids is 1. The maximum atomic E-state index is 12.0. The van der Waals surface area contributed by atoms with Crippen LogP contribution in [-0.4, -0.2) is 26.7 Å². The average Bonchev–Trinajstić information content (AvgIpc) is 2.33. The summed E-state index contributed by atoms with van der Waals surface area (Å²) in [7, 11) is 0. The molecule has 4 aliphatic rings. The Balaban J connectivity index is 1.74. The van der Waals surface area contributed by atoms with E-state index >= 15 is 0 Å². The summed E-state index contributed by atoms with van der Waals surface area (Å²) in [4.78, 5) is 12.0. The zero-order valence-electron chi connectivity index (χ0n) is 10.8. The van der Waals surface area contributed by atoms with Gasteiger partial charge in [-0.1, -0.05) is 29.5 Å². The molecule has 4 aliphatic carbocycles. The molecule has 0 aromatic carbocycles. The minimum atomic E-state index is -0.231. The van der Waals surface area contributed by atoms with E-state index < -0.39 is 0 Å². The molecule has 4 bridgehead atoms. The first-order valence-corrected chi connectivity index (χ1v) is 8.32. The summed E-state index contributed by atoms with van der Waals surface area (Å²) in [6.45, 7) is 2.02. The zero-order chi connectivity index (χ0) is 12.9. The van der Waals surface area contributed by atoms with Gasteiger partial charge in [0.25, 0.3) is 0 Å². The predicted molar refractivity (Wildman–Crippen MR) is 76.5 cm³/mol. The molecule has 3 atom stereocenters. The van der Waals surface area contributed by atoms with Gasteiger partial charge < -0.3 is 9.84 Å². The maximum absolute atomic E-state index is 12.0. The SMILES string of the molecule is CCC(I)C(=O)OC12CC3CC(C1)C(O)C(C3)C2. The molecular weight excluding hydrogens is 343 g/mol. The van der Waals surface area contributed by atoms with Crippen LogP contribution in [0.1, 0.15) is 45.4 Å². The fourth-order valence-corrected chi connectivity index (χ4v) is 4.62. The van der Waals surface area contributed by atoms with Crippen molar-refractivity contribution >= 4 is 28.6 Å². The lowest BCUT2D eigenvalue weighted by molar-refractivity contribution is -0.205. The van der Waals surface area contributed by atoms with Gasteiger partial charge in [0.1, 0.15) is 9.53 Å². The molecule has 1 N–H and O–H groups in total. The molecule has 0 aliphatic heterocycles. The number of hydrogen-bond acceptors (Lipinski definition) is 3.